The van der Waals surface area contributed by atoms with Crippen LogP contribution in [0.1, 0.15) is 38.8 Å². The van der Waals surface area contributed by atoms with Gasteiger partial charge in [0.2, 0.25) is 0 Å². The highest BCUT2D eigenvalue weighted by Crippen LogP contribution is 2.37. The number of rotatable bonds is 4. The largest absolute Gasteiger partial charge is 0.289 e. The number of hydrogen-bond acceptors (Lipinski definition) is 1. The van der Waals surface area contributed by atoms with Crippen LogP contribution < -0.4 is 4.48 Å². The fourth-order valence-electron chi connectivity index (χ4n) is 3.26. The lowest BCUT2D eigenvalue weighted by atomic mass is 9.86. The average Bonchev–Trinajstić information content (AvgIpc) is 2.99. The second kappa shape index (κ2) is 6.34. The van der Waals surface area contributed by atoms with Crippen molar-refractivity contribution in [1.82, 2.24) is 4.48 Å². The van der Waals surface area contributed by atoms with Gasteiger partial charge >= 0.3 is 0 Å². The van der Waals surface area contributed by atoms with Gasteiger partial charge in [-0.1, -0.05) is 57.2 Å². The Bertz CT molecular complexity index is 823. The second-order valence-electron chi connectivity index (χ2n) is 7.93. The summed E-state index contributed by atoms with van der Waals surface area (Å²) in [6.45, 7) is 11.2. The van der Waals surface area contributed by atoms with E-state index in [0.717, 1.165) is 17.6 Å². The molecule has 0 aliphatic heterocycles. The van der Waals surface area contributed by atoms with Crippen molar-refractivity contribution in [2.75, 3.05) is 13.6 Å². The molecule has 0 saturated heterocycles. The molecule has 24 heavy (non-hydrogen) atoms. The average molecular weight is 339 g/mol. The molecule has 126 valence electrons. The highest BCUT2D eigenvalue weighted by molar-refractivity contribution is 7.17. The van der Waals surface area contributed by atoms with E-state index in [1.807, 2.05) is 11.3 Å². The highest BCUT2D eigenvalue weighted by atomic mass is 32.1. The molecule has 0 aliphatic rings. The first-order valence-corrected chi connectivity index (χ1v) is 9.62. The van der Waals surface area contributed by atoms with Crippen LogP contribution in [-0.4, -0.2) is 13.6 Å². The van der Waals surface area contributed by atoms with E-state index in [1.165, 1.54) is 26.9 Å². The predicted octanol–water partition coefficient (Wildman–Crippen LogP) is 6.36. The Morgan fingerprint density at radius 2 is 1.62 bits per heavy atom. The van der Waals surface area contributed by atoms with Crippen LogP contribution in [0.15, 0.2) is 53.9 Å². The van der Waals surface area contributed by atoms with Crippen LogP contribution in [-0.2, 0) is 12.0 Å². The van der Waals surface area contributed by atoms with Crippen molar-refractivity contribution in [3.8, 4) is 0 Å². The maximum Gasteiger partial charge on any atom is 0.151 e. The zero-order valence-electron chi connectivity index (χ0n) is 15.5. The lowest BCUT2D eigenvalue weighted by Gasteiger charge is -2.33. The van der Waals surface area contributed by atoms with E-state index in [0.29, 0.717) is 0 Å². The molecular weight excluding hydrogens is 310 g/mol. The van der Waals surface area contributed by atoms with Crippen molar-refractivity contribution in [3.05, 3.63) is 65.0 Å². The Kier molecular flexibility index (Phi) is 4.54. The Morgan fingerprint density at radius 3 is 2.25 bits per heavy atom. The summed E-state index contributed by atoms with van der Waals surface area (Å²) in [6, 6.07) is 18.0. The Hall–Kier alpha value is -1.64. The summed E-state index contributed by atoms with van der Waals surface area (Å²) in [4.78, 5) is 0. The molecule has 0 spiro atoms. The van der Waals surface area contributed by atoms with Gasteiger partial charge in [-0.15, -0.1) is 11.3 Å². The van der Waals surface area contributed by atoms with Crippen LogP contribution in [0, 0.1) is 0 Å². The molecule has 0 aliphatic carbocycles. The molecular formula is C22H28NS+. The molecule has 0 amide bonds. The third-order valence-corrected chi connectivity index (χ3v) is 6.04. The summed E-state index contributed by atoms with van der Waals surface area (Å²) < 4.78 is 2.33. The van der Waals surface area contributed by atoms with Crippen molar-refractivity contribution in [3.63, 3.8) is 0 Å². The molecule has 0 radical (unpaired) electrons. The number of hydrogen-bond donors (Lipinski definition) is 0. The van der Waals surface area contributed by atoms with E-state index in [-0.39, 0.29) is 5.41 Å². The van der Waals surface area contributed by atoms with Crippen molar-refractivity contribution in [2.45, 2.75) is 39.7 Å². The minimum Gasteiger partial charge on any atom is -0.289 e. The molecule has 1 unspecified atom stereocenters. The molecule has 1 aromatic heterocycles. The van der Waals surface area contributed by atoms with Gasteiger partial charge < -0.3 is 0 Å². The fourth-order valence-corrected chi connectivity index (χ4v) is 4.34. The van der Waals surface area contributed by atoms with Crippen molar-refractivity contribution in [2.24, 2.45) is 0 Å². The standard InChI is InChI=1S/C22H28NS/c1-6-23(5,20-16-24-21-10-8-7-9-19(20)21)15-17-11-13-18(14-12-17)22(2,3)4/h7-14,16H,6,15H2,1-5H3/q+1. The normalized spacial score (nSPS) is 14.7. The van der Waals surface area contributed by atoms with Crippen LogP contribution >= 0.6 is 11.3 Å². The van der Waals surface area contributed by atoms with E-state index in [2.05, 4.69) is 88.7 Å². The third kappa shape index (κ3) is 3.26. The molecule has 3 rings (SSSR count). The molecule has 3 aromatic rings. The molecule has 2 aromatic carbocycles. The number of benzene rings is 2. The highest BCUT2D eigenvalue weighted by Gasteiger charge is 2.27. The Labute approximate surface area is 150 Å². The molecule has 2 heteroatoms. The first-order valence-electron chi connectivity index (χ1n) is 8.74. The van der Waals surface area contributed by atoms with E-state index >= 15 is 0 Å². The minimum atomic E-state index is 0.213. The molecule has 0 fully saturated rings. The maximum absolute atomic E-state index is 2.35. The number of fused-ring (bicyclic) bond motifs is 1. The Balaban J connectivity index is 1.93. The van der Waals surface area contributed by atoms with Gasteiger partial charge in [-0.25, -0.2) is 0 Å². The topological polar surface area (TPSA) is 0 Å². The molecule has 0 bridgehead atoms. The predicted molar refractivity (Wildman–Crippen MR) is 109 cm³/mol. The molecule has 0 saturated carbocycles. The monoisotopic (exact) mass is 338 g/mol. The zero-order chi connectivity index (χ0) is 17.4. The summed E-state index contributed by atoms with van der Waals surface area (Å²) in [5.74, 6) is 0. The summed E-state index contributed by atoms with van der Waals surface area (Å²) >= 11 is 1.86. The van der Waals surface area contributed by atoms with E-state index in [9.17, 15) is 0 Å². The first kappa shape index (κ1) is 17.2. The van der Waals surface area contributed by atoms with Crippen LogP contribution in [0.4, 0.5) is 5.69 Å². The van der Waals surface area contributed by atoms with Crippen molar-refractivity contribution < 1.29 is 0 Å². The van der Waals surface area contributed by atoms with Gasteiger partial charge in [-0.3, -0.25) is 4.48 Å². The fraction of sp³-hybridized carbons (Fsp3) is 0.364. The molecule has 1 atom stereocenters. The minimum absolute atomic E-state index is 0.213. The number of thiophene rings is 1. The van der Waals surface area contributed by atoms with Gasteiger partial charge in [0, 0.05) is 10.3 Å². The third-order valence-electron chi connectivity index (χ3n) is 5.09. The number of quaternary nitrogens is 1. The van der Waals surface area contributed by atoms with Crippen LogP contribution in [0.2, 0.25) is 0 Å². The van der Waals surface area contributed by atoms with E-state index in [4.69, 9.17) is 0 Å². The molecule has 1 nitrogen and oxygen atoms in total. The summed E-state index contributed by atoms with van der Waals surface area (Å²) in [6.07, 6.45) is 0. The summed E-state index contributed by atoms with van der Waals surface area (Å²) in [5.41, 5.74) is 4.46. The van der Waals surface area contributed by atoms with Crippen LogP contribution in [0.5, 0.6) is 0 Å². The zero-order valence-corrected chi connectivity index (χ0v) is 16.3. The lowest BCUT2D eigenvalue weighted by Crippen LogP contribution is -2.43. The van der Waals surface area contributed by atoms with Gasteiger partial charge in [-0.05, 0) is 30.0 Å². The smallest absolute Gasteiger partial charge is 0.151 e. The van der Waals surface area contributed by atoms with Crippen molar-refractivity contribution >= 4 is 27.1 Å². The van der Waals surface area contributed by atoms with E-state index < -0.39 is 0 Å². The Morgan fingerprint density at radius 1 is 0.958 bits per heavy atom. The van der Waals surface area contributed by atoms with Gasteiger partial charge in [0.1, 0.15) is 6.54 Å². The lowest BCUT2D eigenvalue weighted by molar-refractivity contribution is 0.342. The SMILES string of the molecule is CC[N+](C)(Cc1ccc(C(C)(C)C)cc1)c1csc2ccccc12. The quantitative estimate of drug-likeness (QED) is 0.486. The summed E-state index contributed by atoms with van der Waals surface area (Å²) in [5, 5.41) is 3.75. The van der Waals surface area contributed by atoms with Gasteiger partial charge in [0.05, 0.1) is 24.4 Å². The molecule has 1 heterocycles. The van der Waals surface area contributed by atoms with Gasteiger partial charge in [0.15, 0.2) is 5.69 Å². The number of nitrogens with zero attached hydrogens (tertiary/aromatic N) is 1. The van der Waals surface area contributed by atoms with Crippen LogP contribution in [0.25, 0.3) is 10.1 Å². The summed E-state index contributed by atoms with van der Waals surface area (Å²) in [7, 11) is 2.35. The van der Waals surface area contributed by atoms with Gasteiger partial charge in [0.25, 0.3) is 0 Å². The van der Waals surface area contributed by atoms with Crippen LogP contribution in [0.3, 0.4) is 0 Å². The van der Waals surface area contributed by atoms with Gasteiger partial charge in [-0.2, -0.15) is 0 Å². The first-order chi connectivity index (χ1) is 11.3. The second-order valence-corrected chi connectivity index (χ2v) is 8.85. The van der Waals surface area contributed by atoms with Crippen molar-refractivity contribution in [1.29, 1.82) is 0 Å². The van der Waals surface area contributed by atoms with E-state index in [1.54, 1.807) is 0 Å². The maximum atomic E-state index is 2.35. The molecule has 0 N–H and O–H groups in total.